The van der Waals surface area contributed by atoms with Gasteiger partial charge in [0.15, 0.2) is 0 Å². The lowest BCUT2D eigenvalue weighted by Gasteiger charge is -2.33. The minimum Gasteiger partial charge on any atom is -0.481 e. The molecule has 1 fully saturated rings. The second-order valence-electron chi connectivity index (χ2n) is 10.0. The molecule has 6 heteroatoms. The third-order valence-corrected chi connectivity index (χ3v) is 7.30. The first-order valence-corrected chi connectivity index (χ1v) is 13.5. The zero-order valence-electron chi connectivity index (χ0n) is 21.7. The van der Waals surface area contributed by atoms with Gasteiger partial charge in [-0.2, -0.15) is 0 Å². The van der Waals surface area contributed by atoms with Crippen molar-refractivity contribution in [1.82, 2.24) is 5.32 Å². The molecule has 2 unspecified atom stereocenters. The summed E-state index contributed by atoms with van der Waals surface area (Å²) in [7, 11) is 0. The molecule has 0 spiro atoms. The Labute approximate surface area is 224 Å². The van der Waals surface area contributed by atoms with Crippen LogP contribution in [0.2, 0.25) is 0 Å². The summed E-state index contributed by atoms with van der Waals surface area (Å²) < 4.78 is 0. The van der Waals surface area contributed by atoms with Gasteiger partial charge < -0.3 is 10.4 Å². The zero-order valence-corrected chi connectivity index (χ0v) is 21.7. The summed E-state index contributed by atoms with van der Waals surface area (Å²) in [4.78, 5) is 41.3. The number of carbonyl (C=O) groups excluding carboxylic acids is 2. The van der Waals surface area contributed by atoms with Crippen LogP contribution in [0.25, 0.3) is 0 Å². The molecule has 0 bridgehead atoms. The molecular weight excluding hydrogens is 476 g/mol. The number of benzene rings is 3. The molecule has 3 aromatic rings. The molecule has 1 saturated heterocycles. The molecule has 3 aromatic carbocycles. The second-order valence-corrected chi connectivity index (χ2v) is 10.0. The van der Waals surface area contributed by atoms with Gasteiger partial charge in [0.25, 0.3) is 0 Å². The van der Waals surface area contributed by atoms with E-state index in [0.29, 0.717) is 44.3 Å². The van der Waals surface area contributed by atoms with Crippen molar-refractivity contribution in [1.29, 1.82) is 0 Å². The molecule has 2 N–H and O–H groups in total. The van der Waals surface area contributed by atoms with Crippen molar-refractivity contribution in [2.75, 3.05) is 11.4 Å². The first kappa shape index (κ1) is 27.1. The van der Waals surface area contributed by atoms with Crippen LogP contribution in [0.3, 0.4) is 0 Å². The van der Waals surface area contributed by atoms with E-state index in [1.165, 1.54) is 0 Å². The van der Waals surface area contributed by atoms with Crippen LogP contribution in [-0.4, -0.2) is 35.5 Å². The minimum absolute atomic E-state index is 0.133. The van der Waals surface area contributed by atoms with Crippen molar-refractivity contribution in [3.8, 4) is 0 Å². The monoisotopic (exact) mass is 512 g/mol. The van der Waals surface area contributed by atoms with Gasteiger partial charge in [-0.05, 0) is 68.2 Å². The number of carboxylic acid groups (broad SMARTS) is 1. The Balaban J connectivity index is 1.62. The Morgan fingerprint density at radius 2 is 1.32 bits per heavy atom. The van der Waals surface area contributed by atoms with E-state index in [9.17, 15) is 19.5 Å². The smallest absolute Gasteiger partial charge is 0.306 e. The van der Waals surface area contributed by atoms with Crippen LogP contribution in [0.4, 0.5) is 5.69 Å². The number of hydrogen-bond donors (Lipinski definition) is 2. The summed E-state index contributed by atoms with van der Waals surface area (Å²) in [5.74, 6) is -2.19. The molecule has 1 heterocycles. The predicted octanol–water partition coefficient (Wildman–Crippen LogP) is 5.27. The first-order chi connectivity index (χ1) is 18.5. The van der Waals surface area contributed by atoms with E-state index in [1.54, 1.807) is 4.90 Å². The summed E-state index contributed by atoms with van der Waals surface area (Å²) in [5.41, 5.74) is 2.67. The number of carbonyl (C=O) groups is 3. The standard InChI is InChI=1S/C32H36N2O4/c35-30-29(18-10-11-21-33-30)34(28-16-8-3-9-17-28)31(36)26(22-24-12-4-1-5-13-24)19-20-27(32(37)38)23-25-14-6-2-7-15-25/h1-9,12-17,26-27,29H,10-11,18-23H2,(H,33,35)(H,37,38)/t26?,27?,29-/m1/s1. The quantitative estimate of drug-likeness (QED) is 0.366. The van der Waals surface area contributed by atoms with Crippen molar-refractivity contribution < 1.29 is 19.5 Å². The van der Waals surface area contributed by atoms with Crippen LogP contribution in [-0.2, 0) is 27.2 Å². The number of rotatable bonds is 11. The maximum atomic E-state index is 14.3. The van der Waals surface area contributed by atoms with Crippen LogP contribution >= 0.6 is 0 Å². The van der Waals surface area contributed by atoms with Gasteiger partial charge in [0.1, 0.15) is 6.04 Å². The summed E-state index contributed by atoms with van der Waals surface area (Å²) in [6, 6.07) is 28.2. The highest BCUT2D eigenvalue weighted by Crippen LogP contribution is 2.28. The van der Waals surface area contributed by atoms with Gasteiger partial charge in [0.05, 0.1) is 5.92 Å². The predicted molar refractivity (Wildman–Crippen MR) is 149 cm³/mol. The molecule has 38 heavy (non-hydrogen) atoms. The molecule has 0 aliphatic carbocycles. The normalized spacial score (nSPS) is 17.1. The first-order valence-electron chi connectivity index (χ1n) is 13.5. The molecule has 6 nitrogen and oxygen atoms in total. The van der Waals surface area contributed by atoms with Crippen molar-refractivity contribution in [2.24, 2.45) is 11.8 Å². The number of aliphatic carboxylic acids is 1. The molecule has 2 amide bonds. The molecule has 3 atom stereocenters. The van der Waals surface area contributed by atoms with Crippen LogP contribution in [0, 0.1) is 11.8 Å². The van der Waals surface area contributed by atoms with Gasteiger partial charge in [0.2, 0.25) is 11.8 Å². The largest absolute Gasteiger partial charge is 0.481 e. The third kappa shape index (κ3) is 7.31. The Kier molecular flexibility index (Phi) is 9.68. The van der Waals surface area contributed by atoms with Crippen molar-refractivity contribution in [3.05, 3.63) is 102 Å². The van der Waals surface area contributed by atoms with Gasteiger partial charge in [-0.1, -0.05) is 78.9 Å². The highest BCUT2D eigenvalue weighted by Gasteiger charge is 2.36. The van der Waals surface area contributed by atoms with Gasteiger partial charge in [0, 0.05) is 18.2 Å². The van der Waals surface area contributed by atoms with Crippen LogP contribution < -0.4 is 10.2 Å². The second kappa shape index (κ2) is 13.6. The Morgan fingerprint density at radius 3 is 1.89 bits per heavy atom. The Bertz CT molecular complexity index is 1180. The molecule has 0 saturated carbocycles. The lowest BCUT2D eigenvalue weighted by atomic mass is 9.86. The fourth-order valence-electron chi connectivity index (χ4n) is 5.24. The lowest BCUT2D eigenvalue weighted by Crippen LogP contribution is -2.51. The summed E-state index contributed by atoms with van der Waals surface area (Å²) >= 11 is 0. The van der Waals surface area contributed by atoms with Gasteiger partial charge in [-0.15, -0.1) is 0 Å². The summed E-state index contributed by atoms with van der Waals surface area (Å²) in [6.07, 6.45) is 4.00. The topological polar surface area (TPSA) is 86.7 Å². The van der Waals surface area contributed by atoms with E-state index < -0.39 is 23.8 Å². The molecule has 4 rings (SSSR count). The van der Waals surface area contributed by atoms with E-state index in [4.69, 9.17) is 0 Å². The number of anilines is 1. The molecule has 0 aromatic heterocycles. The van der Waals surface area contributed by atoms with Gasteiger partial charge in [-0.25, -0.2) is 0 Å². The number of nitrogens with zero attached hydrogens (tertiary/aromatic N) is 1. The summed E-state index contributed by atoms with van der Waals surface area (Å²) in [6.45, 7) is 0.610. The molecule has 0 radical (unpaired) electrons. The molecule has 1 aliphatic rings. The third-order valence-electron chi connectivity index (χ3n) is 7.30. The van der Waals surface area contributed by atoms with Gasteiger partial charge in [-0.3, -0.25) is 19.3 Å². The maximum absolute atomic E-state index is 14.3. The fourth-order valence-corrected chi connectivity index (χ4v) is 5.24. The molecule has 198 valence electrons. The van der Waals surface area contributed by atoms with E-state index in [2.05, 4.69) is 5.32 Å². The number of amides is 2. The maximum Gasteiger partial charge on any atom is 0.306 e. The Hall–Kier alpha value is -3.93. The average Bonchev–Trinajstić information content (AvgIpc) is 3.16. The average molecular weight is 513 g/mol. The number of carboxylic acids is 1. The zero-order chi connectivity index (χ0) is 26.7. The highest BCUT2D eigenvalue weighted by atomic mass is 16.4. The van der Waals surface area contributed by atoms with E-state index >= 15 is 0 Å². The van der Waals surface area contributed by atoms with Crippen molar-refractivity contribution in [3.63, 3.8) is 0 Å². The highest BCUT2D eigenvalue weighted by molar-refractivity contribution is 6.02. The number of nitrogens with one attached hydrogen (secondary N) is 1. The van der Waals surface area contributed by atoms with Crippen LogP contribution in [0.15, 0.2) is 91.0 Å². The van der Waals surface area contributed by atoms with E-state index in [-0.39, 0.29) is 11.8 Å². The SMILES string of the molecule is O=C(O)C(CCC(Cc1ccccc1)C(=O)N(c1ccccc1)[C@@H]1CCCCNC1=O)Cc1ccccc1. The van der Waals surface area contributed by atoms with Crippen molar-refractivity contribution in [2.45, 2.75) is 51.0 Å². The Morgan fingerprint density at radius 1 is 0.789 bits per heavy atom. The van der Waals surface area contributed by atoms with E-state index in [0.717, 1.165) is 24.0 Å². The number of hydrogen-bond acceptors (Lipinski definition) is 3. The molecule has 1 aliphatic heterocycles. The van der Waals surface area contributed by atoms with Crippen LogP contribution in [0.5, 0.6) is 0 Å². The van der Waals surface area contributed by atoms with Crippen LogP contribution in [0.1, 0.15) is 43.2 Å². The van der Waals surface area contributed by atoms with Crippen molar-refractivity contribution >= 4 is 23.5 Å². The fraction of sp³-hybridized carbons (Fsp3) is 0.344. The lowest BCUT2D eigenvalue weighted by molar-refractivity contribution is -0.142. The van der Waals surface area contributed by atoms with Gasteiger partial charge >= 0.3 is 5.97 Å². The summed E-state index contributed by atoms with van der Waals surface area (Å²) in [5, 5.41) is 13.0. The van der Waals surface area contributed by atoms with E-state index in [1.807, 2.05) is 91.0 Å². The minimum atomic E-state index is -0.858. The number of para-hydroxylation sites is 1. The molecular formula is C32H36N2O4.